The second kappa shape index (κ2) is 5.16. The van der Waals surface area contributed by atoms with Crippen LogP contribution in [0.2, 0.25) is 0 Å². The number of furan rings is 1. The van der Waals surface area contributed by atoms with Crippen LogP contribution in [0.15, 0.2) is 32.9 Å². The van der Waals surface area contributed by atoms with Gasteiger partial charge in [-0.15, -0.1) is 11.3 Å². The second-order valence-electron chi connectivity index (χ2n) is 3.76. The Morgan fingerprint density at radius 2 is 2.16 bits per heavy atom. The number of carboxylic acids is 1. The second-order valence-corrected chi connectivity index (χ2v) is 6.41. The summed E-state index contributed by atoms with van der Waals surface area (Å²) in [4.78, 5) is 10.5. The summed E-state index contributed by atoms with van der Waals surface area (Å²) in [5.74, 6) is -0.117. The first-order valence-electron chi connectivity index (χ1n) is 5.26. The number of hydrogen-bond donors (Lipinski definition) is 2. The van der Waals surface area contributed by atoms with Gasteiger partial charge in [-0.3, -0.25) is 0 Å². The van der Waals surface area contributed by atoms with Gasteiger partial charge in [-0.1, -0.05) is 0 Å². The van der Waals surface area contributed by atoms with Crippen LogP contribution < -0.4 is 4.72 Å². The minimum absolute atomic E-state index is 0.0227. The zero-order chi connectivity index (χ0) is 14.0. The van der Waals surface area contributed by atoms with E-state index in [4.69, 9.17) is 9.52 Å². The molecule has 6 nitrogen and oxygen atoms in total. The third-order valence-electron chi connectivity index (χ3n) is 2.35. The Kier molecular flexibility index (Phi) is 3.74. The Hall–Kier alpha value is -1.64. The Morgan fingerprint density at radius 3 is 2.74 bits per heavy atom. The Balaban J connectivity index is 2.18. The summed E-state index contributed by atoms with van der Waals surface area (Å²) < 4.78 is 31.5. The molecule has 2 aromatic rings. The molecule has 2 N–H and O–H groups in total. The molecule has 8 heteroatoms. The molecule has 0 aliphatic carbocycles. The van der Waals surface area contributed by atoms with Gasteiger partial charge >= 0.3 is 5.97 Å². The molecule has 19 heavy (non-hydrogen) atoms. The zero-order valence-electron chi connectivity index (χ0n) is 9.91. The van der Waals surface area contributed by atoms with Crippen molar-refractivity contribution in [3.8, 4) is 0 Å². The average Bonchev–Trinajstić information content (AvgIpc) is 2.94. The summed E-state index contributed by atoms with van der Waals surface area (Å²) in [6, 6.07) is 4.64. The Bertz CT molecular complexity index is 698. The topological polar surface area (TPSA) is 96.6 Å². The van der Waals surface area contributed by atoms with E-state index < -0.39 is 16.0 Å². The van der Waals surface area contributed by atoms with Gasteiger partial charge in [0.25, 0.3) is 0 Å². The molecule has 2 heterocycles. The van der Waals surface area contributed by atoms with Crippen molar-refractivity contribution in [1.82, 2.24) is 4.72 Å². The number of thiophene rings is 1. The quantitative estimate of drug-likeness (QED) is 0.878. The number of hydrogen-bond acceptors (Lipinski definition) is 5. The predicted octanol–water partition coefficient (Wildman–Crippen LogP) is 1.83. The van der Waals surface area contributed by atoms with Crippen molar-refractivity contribution >= 4 is 27.3 Å². The minimum Gasteiger partial charge on any atom is -0.477 e. The number of aromatic carboxylic acids is 1. The Morgan fingerprint density at radius 1 is 1.42 bits per heavy atom. The third-order valence-corrected chi connectivity index (χ3v) is 4.82. The van der Waals surface area contributed by atoms with Gasteiger partial charge in [0.2, 0.25) is 10.0 Å². The lowest BCUT2D eigenvalue weighted by molar-refractivity contribution is 0.0698. The van der Waals surface area contributed by atoms with Crippen LogP contribution in [0.25, 0.3) is 0 Å². The lowest BCUT2D eigenvalue weighted by Gasteiger charge is -2.04. The van der Waals surface area contributed by atoms with Crippen LogP contribution in [0.4, 0.5) is 0 Å². The van der Waals surface area contributed by atoms with Gasteiger partial charge in [-0.25, -0.2) is 17.9 Å². The molecule has 2 aromatic heterocycles. The van der Waals surface area contributed by atoms with Crippen LogP contribution in [0, 0.1) is 6.92 Å². The highest BCUT2D eigenvalue weighted by atomic mass is 32.2. The molecule has 0 aliphatic rings. The molecule has 0 saturated carbocycles. The highest BCUT2D eigenvalue weighted by molar-refractivity contribution is 7.89. The molecule has 0 aliphatic heterocycles. The number of rotatable bonds is 5. The number of aryl methyl sites for hydroxylation is 1. The monoisotopic (exact) mass is 301 g/mol. The molecule has 0 unspecified atom stereocenters. The van der Waals surface area contributed by atoms with E-state index in [1.807, 2.05) is 0 Å². The first-order chi connectivity index (χ1) is 8.90. The first-order valence-corrected chi connectivity index (χ1v) is 7.62. The minimum atomic E-state index is -3.86. The molecule has 0 radical (unpaired) electrons. The standard InChI is InChI=1S/C11H11NO5S2/c1-7-2-3-8(17-7)6-12-19(15,16)9-4-5-18-10(9)11(13)14/h2-5,12H,6H2,1H3,(H,13,14). The fourth-order valence-electron chi connectivity index (χ4n) is 1.49. The summed E-state index contributed by atoms with van der Waals surface area (Å²) >= 11 is 0.868. The van der Waals surface area contributed by atoms with E-state index in [-0.39, 0.29) is 16.3 Å². The van der Waals surface area contributed by atoms with E-state index in [1.165, 1.54) is 11.4 Å². The average molecular weight is 301 g/mol. The molecule has 0 saturated heterocycles. The van der Waals surface area contributed by atoms with Gasteiger partial charge in [-0.05, 0) is 30.5 Å². The van der Waals surface area contributed by atoms with Crippen LogP contribution in [-0.4, -0.2) is 19.5 Å². The van der Waals surface area contributed by atoms with Crippen molar-refractivity contribution in [1.29, 1.82) is 0 Å². The summed E-state index contributed by atoms with van der Waals surface area (Å²) in [6.45, 7) is 1.73. The van der Waals surface area contributed by atoms with Crippen LogP contribution in [0.3, 0.4) is 0 Å². The van der Waals surface area contributed by atoms with Gasteiger partial charge in [0.05, 0.1) is 6.54 Å². The van der Waals surface area contributed by atoms with E-state index in [2.05, 4.69) is 4.72 Å². The van der Waals surface area contributed by atoms with Gasteiger partial charge in [-0.2, -0.15) is 0 Å². The van der Waals surface area contributed by atoms with Crippen molar-refractivity contribution in [3.05, 3.63) is 40.0 Å². The molecule has 0 amide bonds. The van der Waals surface area contributed by atoms with E-state index >= 15 is 0 Å². The van der Waals surface area contributed by atoms with Crippen molar-refractivity contribution in [2.75, 3.05) is 0 Å². The molecular formula is C11H11NO5S2. The molecule has 0 spiro atoms. The first kappa shape index (κ1) is 13.8. The molecule has 102 valence electrons. The SMILES string of the molecule is Cc1ccc(CNS(=O)(=O)c2ccsc2C(=O)O)o1. The molecule has 0 aromatic carbocycles. The van der Waals surface area contributed by atoms with E-state index in [1.54, 1.807) is 19.1 Å². The van der Waals surface area contributed by atoms with Crippen molar-refractivity contribution in [2.24, 2.45) is 0 Å². The molecule has 0 fully saturated rings. The maximum Gasteiger partial charge on any atom is 0.347 e. The summed E-state index contributed by atoms with van der Waals surface area (Å²) in [5, 5.41) is 10.3. The van der Waals surface area contributed by atoms with Gasteiger partial charge in [0.1, 0.15) is 21.3 Å². The Labute approximate surface area is 113 Å². The predicted molar refractivity (Wildman–Crippen MR) is 68.7 cm³/mol. The number of sulfonamides is 1. The fourth-order valence-corrected chi connectivity index (χ4v) is 3.74. The van der Waals surface area contributed by atoms with Crippen LogP contribution in [0.5, 0.6) is 0 Å². The lowest BCUT2D eigenvalue weighted by atomic mass is 10.4. The highest BCUT2D eigenvalue weighted by Crippen LogP contribution is 2.22. The molecular weight excluding hydrogens is 290 g/mol. The fraction of sp³-hybridized carbons (Fsp3) is 0.182. The molecule has 0 atom stereocenters. The van der Waals surface area contributed by atoms with Gasteiger partial charge in [0.15, 0.2) is 0 Å². The summed E-state index contributed by atoms with van der Waals surface area (Å²) in [5.41, 5.74) is 0. The lowest BCUT2D eigenvalue weighted by Crippen LogP contribution is -2.24. The van der Waals surface area contributed by atoms with Crippen molar-refractivity contribution in [3.63, 3.8) is 0 Å². The smallest absolute Gasteiger partial charge is 0.347 e. The van der Waals surface area contributed by atoms with Crippen LogP contribution in [0.1, 0.15) is 21.2 Å². The normalized spacial score (nSPS) is 11.6. The number of nitrogens with one attached hydrogen (secondary N) is 1. The summed E-state index contributed by atoms with van der Waals surface area (Å²) in [6.07, 6.45) is 0. The number of carboxylic acid groups (broad SMARTS) is 1. The van der Waals surface area contributed by atoms with E-state index in [0.717, 1.165) is 11.3 Å². The highest BCUT2D eigenvalue weighted by Gasteiger charge is 2.23. The third kappa shape index (κ3) is 3.03. The van der Waals surface area contributed by atoms with E-state index in [9.17, 15) is 13.2 Å². The largest absolute Gasteiger partial charge is 0.477 e. The van der Waals surface area contributed by atoms with Crippen molar-refractivity contribution in [2.45, 2.75) is 18.4 Å². The van der Waals surface area contributed by atoms with Gasteiger partial charge in [0, 0.05) is 0 Å². The van der Waals surface area contributed by atoms with Gasteiger partial charge < -0.3 is 9.52 Å². The maximum absolute atomic E-state index is 12.0. The molecule has 2 rings (SSSR count). The maximum atomic E-state index is 12.0. The van der Waals surface area contributed by atoms with Crippen molar-refractivity contribution < 1.29 is 22.7 Å². The molecule has 0 bridgehead atoms. The van der Waals surface area contributed by atoms with E-state index in [0.29, 0.717) is 11.5 Å². The summed E-state index contributed by atoms with van der Waals surface area (Å²) in [7, 11) is -3.86. The zero-order valence-corrected chi connectivity index (χ0v) is 11.5. The van der Waals surface area contributed by atoms with Crippen LogP contribution in [-0.2, 0) is 16.6 Å². The number of carbonyl (C=O) groups is 1. The van der Waals surface area contributed by atoms with Crippen LogP contribution >= 0.6 is 11.3 Å².